The summed E-state index contributed by atoms with van der Waals surface area (Å²) >= 11 is 0. The van der Waals surface area contributed by atoms with E-state index < -0.39 is 5.97 Å². The van der Waals surface area contributed by atoms with E-state index in [1.807, 2.05) is 0 Å². The smallest absolute Gasteiger partial charge is 0.305 e. The van der Waals surface area contributed by atoms with E-state index in [0.29, 0.717) is 0 Å². The van der Waals surface area contributed by atoms with Crippen molar-refractivity contribution >= 4 is 5.97 Å². The highest BCUT2D eigenvalue weighted by Crippen LogP contribution is 2.26. The lowest BCUT2D eigenvalue weighted by Gasteiger charge is -2.11. The molecule has 5 heteroatoms. The van der Waals surface area contributed by atoms with Crippen molar-refractivity contribution in [3.8, 4) is 0 Å². The van der Waals surface area contributed by atoms with Gasteiger partial charge in [-0.15, -0.1) is 4.91 Å². The Labute approximate surface area is 63.9 Å². The van der Waals surface area contributed by atoms with Crippen LogP contribution in [0.15, 0.2) is 5.29 Å². The second kappa shape index (κ2) is 3.32. The Morgan fingerprint density at radius 2 is 2.27 bits per heavy atom. The van der Waals surface area contributed by atoms with Crippen molar-refractivity contribution in [3.05, 3.63) is 4.91 Å². The first kappa shape index (κ1) is 7.97. The Morgan fingerprint density at radius 3 is 2.64 bits per heavy atom. The number of rotatable bonds is 5. The summed E-state index contributed by atoms with van der Waals surface area (Å²) in [4.78, 5) is 20.2. The van der Waals surface area contributed by atoms with Crippen molar-refractivity contribution in [3.63, 3.8) is 0 Å². The van der Waals surface area contributed by atoms with E-state index in [9.17, 15) is 9.70 Å². The third kappa shape index (κ3) is 2.53. The molecule has 1 N–H and O–H groups in total. The molecule has 1 fully saturated rings. The van der Waals surface area contributed by atoms with E-state index >= 15 is 0 Å². The van der Waals surface area contributed by atoms with Gasteiger partial charge in [-0.1, -0.05) is 0 Å². The summed E-state index contributed by atoms with van der Waals surface area (Å²) < 4.78 is 0. The number of hydrogen-bond acceptors (Lipinski definition) is 3. The fraction of sp³-hybridized carbons (Fsp3) is 0.833. The number of nitrogens with zero attached hydrogens (tertiary/aromatic N) is 2. The van der Waals surface area contributed by atoms with Crippen LogP contribution in [0.4, 0.5) is 0 Å². The van der Waals surface area contributed by atoms with Gasteiger partial charge in [0, 0.05) is 0 Å². The highest BCUT2D eigenvalue weighted by atomic mass is 16.4. The highest BCUT2D eigenvalue weighted by Gasteiger charge is 2.29. The molecule has 0 aromatic heterocycles. The zero-order valence-corrected chi connectivity index (χ0v) is 6.06. The first-order valence-electron chi connectivity index (χ1n) is 3.55. The Morgan fingerprint density at radius 1 is 1.64 bits per heavy atom. The molecule has 0 spiro atoms. The van der Waals surface area contributed by atoms with E-state index in [1.54, 1.807) is 0 Å². The van der Waals surface area contributed by atoms with Gasteiger partial charge in [0.2, 0.25) is 0 Å². The van der Waals surface area contributed by atoms with Crippen LogP contribution in [0, 0.1) is 4.91 Å². The van der Waals surface area contributed by atoms with Crippen molar-refractivity contribution in [2.45, 2.75) is 25.3 Å². The third-order valence-corrected chi connectivity index (χ3v) is 1.63. The van der Waals surface area contributed by atoms with Crippen LogP contribution in [0.1, 0.15) is 19.3 Å². The number of carbonyl (C=O) groups is 1. The van der Waals surface area contributed by atoms with Crippen molar-refractivity contribution in [2.24, 2.45) is 5.29 Å². The number of aliphatic carboxylic acids is 1. The zero-order chi connectivity index (χ0) is 8.27. The Bertz CT molecular complexity index is 167. The number of carboxylic acids is 1. The molecule has 0 saturated heterocycles. The minimum atomic E-state index is -0.890. The van der Waals surface area contributed by atoms with Crippen LogP contribution in [0.2, 0.25) is 0 Å². The van der Waals surface area contributed by atoms with Crippen molar-refractivity contribution in [2.75, 3.05) is 6.54 Å². The lowest BCUT2D eigenvalue weighted by atomic mass is 10.4. The molecule has 1 saturated carbocycles. The predicted molar refractivity (Wildman–Crippen MR) is 37.8 cm³/mol. The molecule has 0 radical (unpaired) electrons. The van der Waals surface area contributed by atoms with Gasteiger partial charge in [0.15, 0.2) is 0 Å². The molecule has 1 rings (SSSR count). The summed E-state index contributed by atoms with van der Waals surface area (Å²) in [6.45, 7) is 0.240. The topological polar surface area (TPSA) is 70.0 Å². The summed E-state index contributed by atoms with van der Waals surface area (Å²) in [6, 6.07) is 0.215. The summed E-state index contributed by atoms with van der Waals surface area (Å²) in [5, 5.41) is 12.3. The molecule has 0 aromatic carbocycles. The maximum atomic E-state index is 10.1. The van der Waals surface area contributed by atoms with Crippen molar-refractivity contribution in [1.29, 1.82) is 0 Å². The van der Waals surface area contributed by atoms with E-state index in [0.717, 1.165) is 12.8 Å². The van der Waals surface area contributed by atoms with E-state index in [4.69, 9.17) is 5.11 Å². The summed E-state index contributed by atoms with van der Waals surface area (Å²) in [5.74, 6) is -0.890. The molecule has 0 aliphatic heterocycles. The second-order valence-corrected chi connectivity index (χ2v) is 2.62. The highest BCUT2D eigenvalue weighted by molar-refractivity contribution is 5.66. The molecule has 0 unspecified atom stereocenters. The molecule has 1 aliphatic carbocycles. The van der Waals surface area contributed by atoms with Gasteiger partial charge in [-0.05, 0) is 12.8 Å². The van der Waals surface area contributed by atoms with Gasteiger partial charge in [0.1, 0.15) is 0 Å². The largest absolute Gasteiger partial charge is 0.481 e. The van der Waals surface area contributed by atoms with Gasteiger partial charge in [0.25, 0.3) is 0 Å². The molecule has 0 amide bonds. The van der Waals surface area contributed by atoms with Gasteiger partial charge >= 0.3 is 5.97 Å². The van der Waals surface area contributed by atoms with Crippen molar-refractivity contribution < 1.29 is 9.90 Å². The first-order valence-corrected chi connectivity index (χ1v) is 3.55. The van der Waals surface area contributed by atoms with E-state index in [2.05, 4.69) is 5.29 Å². The fourth-order valence-electron chi connectivity index (χ4n) is 0.873. The van der Waals surface area contributed by atoms with Gasteiger partial charge in [-0.25, -0.2) is 0 Å². The molecule has 62 valence electrons. The van der Waals surface area contributed by atoms with Crippen LogP contribution >= 0.6 is 0 Å². The monoisotopic (exact) mass is 158 g/mol. The van der Waals surface area contributed by atoms with Crippen LogP contribution in [0.5, 0.6) is 0 Å². The molecule has 0 heterocycles. The molecular weight excluding hydrogens is 148 g/mol. The lowest BCUT2D eigenvalue weighted by Crippen LogP contribution is -2.22. The Hall–Kier alpha value is -1.13. The molecule has 5 nitrogen and oxygen atoms in total. The average molecular weight is 158 g/mol. The number of carboxylic acid groups (broad SMARTS) is 1. The maximum Gasteiger partial charge on any atom is 0.305 e. The summed E-state index contributed by atoms with van der Waals surface area (Å²) in [6.07, 6.45) is 1.92. The van der Waals surface area contributed by atoms with E-state index in [-0.39, 0.29) is 19.0 Å². The van der Waals surface area contributed by atoms with E-state index in [1.165, 1.54) is 5.01 Å². The molecule has 11 heavy (non-hydrogen) atoms. The maximum absolute atomic E-state index is 10.1. The van der Waals surface area contributed by atoms with Crippen LogP contribution in [0.3, 0.4) is 0 Å². The lowest BCUT2D eigenvalue weighted by molar-refractivity contribution is -0.137. The van der Waals surface area contributed by atoms with Gasteiger partial charge in [-0.2, -0.15) is 0 Å². The van der Waals surface area contributed by atoms with Gasteiger partial charge in [-0.3, -0.25) is 9.80 Å². The Kier molecular flexibility index (Phi) is 2.40. The first-order chi connectivity index (χ1) is 5.24. The summed E-state index contributed by atoms with van der Waals surface area (Å²) in [5.41, 5.74) is 0. The second-order valence-electron chi connectivity index (χ2n) is 2.62. The molecule has 1 aliphatic rings. The fourth-order valence-corrected chi connectivity index (χ4v) is 0.873. The molecular formula is C6H10N2O3. The quantitative estimate of drug-likeness (QED) is 0.470. The minimum Gasteiger partial charge on any atom is -0.481 e. The van der Waals surface area contributed by atoms with Gasteiger partial charge < -0.3 is 5.11 Å². The number of nitroso groups, excluding NO2 is 1. The minimum absolute atomic E-state index is 0.0117. The third-order valence-electron chi connectivity index (χ3n) is 1.63. The van der Waals surface area contributed by atoms with Crippen LogP contribution in [-0.4, -0.2) is 28.7 Å². The summed E-state index contributed by atoms with van der Waals surface area (Å²) in [7, 11) is 0. The molecule has 0 aromatic rings. The normalized spacial score (nSPS) is 16.0. The average Bonchev–Trinajstić information content (AvgIpc) is 2.72. The van der Waals surface area contributed by atoms with Crippen LogP contribution < -0.4 is 0 Å². The van der Waals surface area contributed by atoms with Crippen molar-refractivity contribution in [1.82, 2.24) is 5.01 Å². The van der Waals surface area contributed by atoms with Crippen LogP contribution in [-0.2, 0) is 4.79 Å². The standard InChI is InChI=1S/C6H10N2O3/c9-6(10)3-4-8(7-11)5-1-2-5/h5H,1-4H2,(H,9,10). The van der Waals surface area contributed by atoms with Gasteiger partial charge in [0.05, 0.1) is 24.3 Å². The molecule has 0 bridgehead atoms. The Balaban J connectivity index is 2.20. The van der Waals surface area contributed by atoms with Crippen LogP contribution in [0.25, 0.3) is 0 Å². The number of hydrogen-bond donors (Lipinski definition) is 1. The molecule has 0 atom stereocenters. The predicted octanol–water partition coefficient (Wildman–Crippen LogP) is 0.607. The SMILES string of the molecule is O=NN(CCC(=O)O)C1CC1. The zero-order valence-electron chi connectivity index (χ0n) is 6.06.